The predicted octanol–water partition coefficient (Wildman–Crippen LogP) is 3.11. The number of hydrogen-bond donors (Lipinski definition) is 1. The number of carbonyl (C=O) groups is 1. The standard InChI is InChI=1S/C18H17N3O5S2/c1-12-3-9-15(10-4-12)28(23,24)21-14-7-5-13(6-8-14)17-19-20-18(26-17)27-11-16(22)25-2/h3-10,21H,11H2,1-2H3. The Morgan fingerprint density at radius 2 is 1.79 bits per heavy atom. The van der Waals surface area contributed by atoms with Gasteiger partial charge in [0.1, 0.15) is 5.75 Å². The van der Waals surface area contributed by atoms with Crippen LogP contribution in [0.5, 0.6) is 0 Å². The monoisotopic (exact) mass is 419 g/mol. The number of aryl methyl sites for hydroxylation is 1. The summed E-state index contributed by atoms with van der Waals surface area (Å²) in [6.07, 6.45) is 0. The fourth-order valence-corrected chi connectivity index (χ4v) is 3.83. The molecule has 0 atom stereocenters. The van der Waals surface area contributed by atoms with Gasteiger partial charge in [-0.05, 0) is 43.3 Å². The molecular formula is C18H17N3O5S2. The maximum absolute atomic E-state index is 12.4. The average molecular weight is 419 g/mol. The summed E-state index contributed by atoms with van der Waals surface area (Å²) in [6.45, 7) is 1.89. The summed E-state index contributed by atoms with van der Waals surface area (Å²) in [5.41, 5.74) is 2.01. The Bertz CT molecular complexity index is 1060. The molecule has 3 rings (SSSR count). The first-order chi connectivity index (χ1) is 13.4. The molecule has 1 heterocycles. The first-order valence-electron chi connectivity index (χ1n) is 8.10. The number of anilines is 1. The highest BCUT2D eigenvalue weighted by Crippen LogP contribution is 2.25. The maximum Gasteiger partial charge on any atom is 0.316 e. The lowest BCUT2D eigenvalue weighted by atomic mass is 10.2. The molecule has 3 aromatic rings. The molecule has 1 N–H and O–H groups in total. The largest absolute Gasteiger partial charge is 0.468 e. The lowest BCUT2D eigenvalue weighted by molar-refractivity contribution is -0.137. The molecule has 2 aromatic carbocycles. The number of ether oxygens (including phenoxy) is 1. The van der Waals surface area contributed by atoms with Crippen molar-refractivity contribution >= 4 is 33.4 Å². The van der Waals surface area contributed by atoms with Gasteiger partial charge in [0.15, 0.2) is 0 Å². The van der Waals surface area contributed by atoms with Crippen LogP contribution in [0.25, 0.3) is 11.5 Å². The molecule has 0 amide bonds. The summed E-state index contributed by atoms with van der Waals surface area (Å²) < 4.78 is 37.4. The summed E-state index contributed by atoms with van der Waals surface area (Å²) >= 11 is 1.07. The number of carbonyl (C=O) groups excluding carboxylic acids is 1. The molecule has 0 spiro atoms. The fourth-order valence-electron chi connectivity index (χ4n) is 2.18. The van der Waals surface area contributed by atoms with Gasteiger partial charge in [-0.25, -0.2) is 8.42 Å². The van der Waals surface area contributed by atoms with Crippen molar-refractivity contribution in [2.75, 3.05) is 17.6 Å². The van der Waals surface area contributed by atoms with E-state index in [4.69, 9.17) is 4.42 Å². The van der Waals surface area contributed by atoms with E-state index in [1.165, 1.54) is 7.11 Å². The van der Waals surface area contributed by atoms with Gasteiger partial charge in [0.2, 0.25) is 5.89 Å². The summed E-state index contributed by atoms with van der Waals surface area (Å²) in [7, 11) is -2.37. The normalized spacial score (nSPS) is 11.2. The molecule has 10 heteroatoms. The minimum Gasteiger partial charge on any atom is -0.468 e. The molecule has 0 radical (unpaired) electrons. The number of rotatable bonds is 7. The summed E-state index contributed by atoms with van der Waals surface area (Å²) in [5.74, 6) is -0.0621. The van der Waals surface area contributed by atoms with E-state index in [1.54, 1.807) is 48.5 Å². The predicted molar refractivity (Wildman–Crippen MR) is 104 cm³/mol. The van der Waals surface area contributed by atoms with Crippen LogP contribution in [-0.4, -0.2) is 37.4 Å². The van der Waals surface area contributed by atoms with Crippen molar-refractivity contribution < 1.29 is 22.4 Å². The van der Waals surface area contributed by atoms with Crippen molar-refractivity contribution in [1.82, 2.24) is 10.2 Å². The van der Waals surface area contributed by atoms with Gasteiger partial charge in [-0.2, -0.15) is 0 Å². The van der Waals surface area contributed by atoms with E-state index in [-0.39, 0.29) is 21.8 Å². The Labute approximate surface area is 166 Å². The zero-order valence-electron chi connectivity index (χ0n) is 15.1. The number of benzene rings is 2. The first-order valence-corrected chi connectivity index (χ1v) is 10.6. The van der Waals surface area contributed by atoms with E-state index < -0.39 is 16.0 Å². The molecule has 0 unspecified atom stereocenters. The fraction of sp³-hybridized carbons (Fsp3) is 0.167. The molecule has 28 heavy (non-hydrogen) atoms. The Morgan fingerprint density at radius 3 is 2.43 bits per heavy atom. The van der Waals surface area contributed by atoms with E-state index >= 15 is 0 Å². The van der Waals surface area contributed by atoms with E-state index in [1.807, 2.05) is 6.92 Å². The molecule has 0 aliphatic rings. The van der Waals surface area contributed by atoms with Gasteiger partial charge >= 0.3 is 5.97 Å². The van der Waals surface area contributed by atoms with Gasteiger partial charge < -0.3 is 9.15 Å². The van der Waals surface area contributed by atoms with Crippen LogP contribution in [-0.2, 0) is 19.6 Å². The Hall–Kier alpha value is -2.85. The second kappa shape index (κ2) is 8.44. The van der Waals surface area contributed by atoms with Crippen molar-refractivity contribution in [3.8, 4) is 11.5 Å². The molecule has 146 valence electrons. The van der Waals surface area contributed by atoms with Gasteiger partial charge in [0.05, 0.1) is 12.0 Å². The van der Waals surface area contributed by atoms with Gasteiger partial charge in [-0.3, -0.25) is 9.52 Å². The first kappa shape index (κ1) is 19.9. The number of esters is 1. The molecule has 8 nitrogen and oxygen atoms in total. The van der Waals surface area contributed by atoms with Gasteiger partial charge in [-0.15, -0.1) is 10.2 Å². The van der Waals surface area contributed by atoms with Gasteiger partial charge in [0, 0.05) is 11.3 Å². The van der Waals surface area contributed by atoms with Crippen LogP contribution < -0.4 is 4.72 Å². The average Bonchev–Trinajstić information content (AvgIpc) is 3.16. The van der Waals surface area contributed by atoms with E-state index in [0.29, 0.717) is 11.3 Å². The minimum absolute atomic E-state index is 0.0673. The Balaban J connectivity index is 1.69. The summed E-state index contributed by atoms with van der Waals surface area (Å²) in [4.78, 5) is 11.3. The lowest BCUT2D eigenvalue weighted by Gasteiger charge is -2.08. The van der Waals surface area contributed by atoms with Crippen molar-refractivity contribution in [3.05, 3.63) is 54.1 Å². The van der Waals surface area contributed by atoms with E-state index in [9.17, 15) is 13.2 Å². The van der Waals surface area contributed by atoms with Crippen LogP contribution in [0.15, 0.2) is 63.1 Å². The third kappa shape index (κ3) is 4.90. The van der Waals surface area contributed by atoms with Crippen molar-refractivity contribution in [3.63, 3.8) is 0 Å². The smallest absolute Gasteiger partial charge is 0.316 e. The van der Waals surface area contributed by atoms with Crippen LogP contribution in [0.1, 0.15) is 5.56 Å². The van der Waals surface area contributed by atoms with E-state index in [0.717, 1.165) is 17.3 Å². The van der Waals surface area contributed by atoms with Crippen molar-refractivity contribution in [2.24, 2.45) is 0 Å². The quantitative estimate of drug-likeness (QED) is 0.459. The van der Waals surface area contributed by atoms with E-state index in [2.05, 4.69) is 19.7 Å². The zero-order chi connectivity index (χ0) is 20.1. The number of methoxy groups -OCH3 is 1. The molecular weight excluding hydrogens is 402 g/mol. The summed E-state index contributed by atoms with van der Waals surface area (Å²) in [6, 6.07) is 13.1. The highest BCUT2D eigenvalue weighted by Gasteiger charge is 2.15. The van der Waals surface area contributed by atoms with Gasteiger partial charge in [-0.1, -0.05) is 29.5 Å². The topological polar surface area (TPSA) is 111 Å². The number of nitrogens with one attached hydrogen (secondary N) is 1. The Morgan fingerprint density at radius 1 is 1.11 bits per heavy atom. The molecule has 0 fully saturated rings. The van der Waals surface area contributed by atoms with Crippen LogP contribution in [0.4, 0.5) is 5.69 Å². The van der Waals surface area contributed by atoms with Crippen LogP contribution in [0.2, 0.25) is 0 Å². The zero-order valence-corrected chi connectivity index (χ0v) is 16.7. The molecule has 1 aromatic heterocycles. The SMILES string of the molecule is COC(=O)CSc1nnc(-c2ccc(NS(=O)(=O)c3ccc(C)cc3)cc2)o1. The number of aromatic nitrogens is 2. The molecule has 0 aliphatic heterocycles. The second-order valence-corrected chi connectivity index (χ2v) is 8.34. The molecule has 0 saturated carbocycles. The highest BCUT2D eigenvalue weighted by atomic mass is 32.2. The van der Waals surface area contributed by atoms with Gasteiger partial charge in [0.25, 0.3) is 15.2 Å². The lowest BCUT2D eigenvalue weighted by Crippen LogP contribution is -2.12. The highest BCUT2D eigenvalue weighted by molar-refractivity contribution is 7.99. The second-order valence-electron chi connectivity index (χ2n) is 5.73. The minimum atomic E-state index is -3.67. The third-order valence-electron chi connectivity index (χ3n) is 3.66. The number of nitrogens with zero attached hydrogens (tertiary/aromatic N) is 2. The third-order valence-corrected chi connectivity index (χ3v) is 5.85. The number of hydrogen-bond acceptors (Lipinski definition) is 8. The Kier molecular flexibility index (Phi) is 6.00. The van der Waals surface area contributed by atoms with Crippen molar-refractivity contribution in [2.45, 2.75) is 17.0 Å². The molecule has 0 saturated heterocycles. The molecule has 0 aliphatic carbocycles. The summed E-state index contributed by atoms with van der Waals surface area (Å²) in [5, 5.41) is 8.02. The van der Waals surface area contributed by atoms with Crippen LogP contribution in [0, 0.1) is 6.92 Å². The van der Waals surface area contributed by atoms with Crippen LogP contribution >= 0.6 is 11.8 Å². The number of thioether (sulfide) groups is 1. The van der Waals surface area contributed by atoms with Crippen LogP contribution in [0.3, 0.4) is 0 Å². The van der Waals surface area contributed by atoms with Crippen molar-refractivity contribution in [1.29, 1.82) is 0 Å². The number of sulfonamides is 1. The molecule has 0 bridgehead atoms. The maximum atomic E-state index is 12.4.